The summed E-state index contributed by atoms with van der Waals surface area (Å²) >= 11 is 0. The molecule has 0 saturated carbocycles. The van der Waals surface area contributed by atoms with Gasteiger partial charge in [-0.05, 0) is 51.7 Å². The van der Waals surface area contributed by atoms with Gasteiger partial charge in [-0.15, -0.1) is 0 Å². The van der Waals surface area contributed by atoms with Crippen LogP contribution < -0.4 is 10.8 Å². The number of amides is 1. The summed E-state index contributed by atoms with van der Waals surface area (Å²) in [4.78, 5) is 11.8. The van der Waals surface area contributed by atoms with E-state index in [0.29, 0.717) is 0 Å². The number of aryl methyl sites for hydroxylation is 2. The van der Waals surface area contributed by atoms with Crippen molar-refractivity contribution in [1.29, 1.82) is 0 Å². The van der Waals surface area contributed by atoms with Crippen molar-refractivity contribution in [3.8, 4) is 0 Å². The molecule has 4 heteroatoms. The van der Waals surface area contributed by atoms with Crippen molar-refractivity contribution in [1.82, 2.24) is 5.32 Å². The zero-order valence-corrected chi connectivity index (χ0v) is 12.5. The zero-order valence-electron chi connectivity index (χ0n) is 12.5. The Kier molecular flexibility index (Phi) is 3.61. The molecule has 0 bridgehead atoms. The van der Waals surface area contributed by atoms with Gasteiger partial charge < -0.3 is 10.1 Å². The fourth-order valence-electron chi connectivity index (χ4n) is 2.49. The first-order valence-electron chi connectivity index (χ1n) is 6.86. The molecule has 1 aliphatic rings. The summed E-state index contributed by atoms with van der Waals surface area (Å²) in [7, 11) is 2.13. The molecule has 0 radical (unpaired) electrons. The SMILES string of the molecule is Bc1cc2c(cc1C)C(NC(=O)OC(C)(C)C)CC2. The summed E-state index contributed by atoms with van der Waals surface area (Å²) in [5, 5.41) is 2.98. The van der Waals surface area contributed by atoms with Crippen LogP contribution in [0.2, 0.25) is 0 Å². The number of carbonyl (C=O) groups excluding carboxylic acids is 1. The maximum absolute atomic E-state index is 11.8. The molecule has 1 aliphatic carbocycles. The van der Waals surface area contributed by atoms with Crippen LogP contribution >= 0.6 is 0 Å². The molecule has 0 heterocycles. The predicted molar refractivity (Wildman–Crippen MR) is 79.8 cm³/mol. The Bertz CT molecular complexity index is 506. The maximum atomic E-state index is 11.8. The number of rotatable bonds is 1. The molecule has 1 aromatic rings. The summed E-state index contributed by atoms with van der Waals surface area (Å²) in [5.41, 5.74) is 4.74. The van der Waals surface area contributed by atoms with Gasteiger partial charge in [-0.1, -0.05) is 23.2 Å². The van der Waals surface area contributed by atoms with Gasteiger partial charge in [-0.25, -0.2) is 4.79 Å². The van der Waals surface area contributed by atoms with Gasteiger partial charge in [0, 0.05) is 0 Å². The van der Waals surface area contributed by atoms with Crippen LogP contribution in [0, 0.1) is 6.92 Å². The molecule has 102 valence electrons. The average molecular weight is 259 g/mol. The Morgan fingerprint density at radius 2 is 2.11 bits per heavy atom. The number of carbonyl (C=O) groups is 1. The van der Waals surface area contributed by atoms with Crippen molar-refractivity contribution in [3.05, 3.63) is 28.8 Å². The maximum Gasteiger partial charge on any atom is 0.408 e. The molecule has 0 aromatic heterocycles. The van der Waals surface area contributed by atoms with Crippen molar-refractivity contribution in [2.24, 2.45) is 0 Å². The second-order valence-electron chi connectivity index (χ2n) is 6.37. The minimum absolute atomic E-state index is 0.0872. The average Bonchev–Trinajstić information content (AvgIpc) is 2.59. The summed E-state index contributed by atoms with van der Waals surface area (Å²) in [6.45, 7) is 7.74. The van der Waals surface area contributed by atoms with Crippen molar-refractivity contribution < 1.29 is 9.53 Å². The van der Waals surface area contributed by atoms with Gasteiger partial charge in [-0.2, -0.15) is 0 Å². The van der Waals surface area contributed by atoms with Gasteiger partial charge in [-0.3, -0.25) is 0 Å². The third-order valence-corrected chi connectivity index (χ3v) is 3.52. The zero-order chi connectivity index (χ0) is 14.2. The van der Waals surface area contributed by atoms with Crippen LogP contribution in [-0.2, 0) is 11.2 Å². The summed E-state index contributed by atoms with van der Waals surface area (Å²) < 4.78 is 5.32. The Balaban J connectivity index is 2.11. The fourth-order valence-corrected chi connectivity index (χ4v) is 2.49. The topological polar surface area (TPSA) is 38.3 Å². The first-order valence-corrected chi connectivity index (χ1v) is 6.86. The lowest BCUT2D eigenvalue weighted by atomic mass is 9.88. The molecule has 0 aliphatic heterocycles. The number of ether oxygens (including phenoxy) is 1. The molecule has 1 N–H and O–H groups in total. The van der Waals surface area contributed by atoms with E-state index in [1.54, 1.807) is 0 Å². The van der Waals surface area contributed by atoms with Crippen LogP contribution in [-0.4, -0.2) is 19.5 Å². The van der Waals surface area contributed by atoms with Gasteiger partial charge in [0.2, 0.25) is 0 Å². The van der Waals surface area contributed by atoms with Gasteiger partial charge in [0.05, 0.1) is 6.04 Å². The first-order chi connectivity index (χ1) is 8.76. The van der Waals surface area contributed by atoms with E-state index >= 15 is 0 Å². The van der Waals surface area contributed by atoms with Crippen molar-refractivity contribution in [2.75, 3.05) is 0 Å². The lowest BCUT2D eigenvalue weighted by Crippen LogP contribution is -2.34. The Morgan fingerprint density at radius 1 is 1.42 bits per heavy atom. The normalized spacial score (nSPS) is 18.0. The molecular weight excluding hydrogens is 237 g/mol. The molecule has 3 nitrogen and oxygen atoms in total. The van der Waals surface area contributed by atoms with E-state index in [9.17, 15) is 4.79 Å². The van der Waals surface area contributed by atoms with Crippen LogP contribution in [0.5, 0.6) is 0 Å². The molecule has 0 fully saturated rings. The van der Waals surface area contributed by atoms with E-state index in [-0.39, 0.29) is 12.1 Å². The van der Waals surface area contributed by atoms with E-state index in [4.69, 9.17) is 4.74 Å². The highest BCUT2D eigenvalue weighted by atomic mass is 16.6. The smallest absolute Gasteiger partial charge is 0.408 e. The van der Waals surface area contributed by atoms with E-state index < -0.39 is 5.60 Å². The Morgan fingerprint density at radius 3 is 2.74 bits per heavy atom. The molecule has 2 rings (SSSR count). The second-order valence-corrected chi connectivity index (χ2v) is 6.37. The van der Waals surface area contributed by atoms with E-state index in [2.05, 4.69) is 32.2 Å². The number of fused-ring (bicyclic) bond motifs is 1. The van der Waals surface area contributed by atoms with Gasteiger partial charge in [0.1, 0.15) is 13.4 Å². The van der Waals surface area contributed by atoms with E-state index in [1.165, 1.54) is 22.2 Å². The van der Waals surface area contributed by atoms with Crippen molar-refractivity contribution >= 4 is 19.4 Å². The summed E-state index contributed by atoms with van der Waals surface area (Å²) in [6.07, 6.45) is 1.65. The lowest BCUT2D eigenvalue weighted by molar-refractivity contribution is 0.0503. The summed E-state index contributed by atoms with van der Waals surface area (Å²) in [5.74, 6) is 0. The Hall–Kier alpha value is -1.45. The monoisotopic (exact) mass is 259 g/mol. The third-order valence-electron chi connectivity index (χ3n) is 3.52. The molecule has 1 atom stereocenters. The highest BCUT2D eigenvalue weighted by molar-refractivity contribution is 6.33. The predicted octanol–water partition coefficient (Wildman–Crippen LogP) is 1.77. The second kappa shape index (κ2) is 4.91. The molecule has 19 heavy (non-hydrogen) atoms. The Labute approximate surface area is 116 Å². The molecule has 1 unspecified atom stereocenters. The molecule has 1 amide bonds. The molecule has 1 aromatic carbocycles. The minimum Gasteiger partial charge on any atom is -0.444 e. The molecule has 0 saturated heterocycles. The van der Waals surface area contributed by atoms with Crippen LogP contribution in [0.15, 0.2) is 12.1 Å². The van der Waals surface area contributed by atoms with Crippen LogP contribution in [0.3, 0.4) is 0 Å². The number of alkyl carbamates (subject to hydrolysis) is 1. The van der Waals surface area contributed by atoms with Crippen LogP contribution in [0.25, 0.3) is 0 Å². The quantitative estimate of drug-likeness (QED) is 0.780. The van der Waals surface area contributed by atoms with Gasteiger partial charge in [0.25, 0.3) is 0 Å². The highest BCUT2D eigenvalue weighted by Gasteiger charge is 2.26. The van der Waals surface area contributed by atoms with Crippen LogP contribution in [0.1, 0.15) is 49.9 Å². The fraction of sp³-hybridized carbons (Fsp3) is 0.533. The number of hydrogen-bond acceptors (Lipinski definition) is 2. The number of hydrogen-bond donors (Lipinski definition) is 1. The number of benzene rings is 1. The van der Waals surface area contributed by atoms with E-state index in [1.807, 2.05) is 20.8 Å². The highest BCUT2D eigenvalue weighted by Crippen LogP contribution is 2.31. The van der Waals surface area contributed by atoms with Crippen LogP contribution in [0.4, 0.5) is 4.79 Å². The molecule has 0 spiro atoms. The van der Waals surface area contributed by atoms with Gasteiger partial charge >= 0.3 is 6.09 Å². The number of nitrogens with one attached hydrogen (secondary N) is 1. The lowest BCUT2D eigenvalue weighted by Gasteiger charge is -2.22. The minimum atomic E-state index is -0.450. The standard InChI is InChI=1S/C15H22BNO2/c1-9-7-11-10(8-12(9)16)5-6-13(11)17-14(18)19-15(2,3)4/h7-8,13H,5-6,16H2,1-4H3,(H,17,18). The van der Waals surface area contributed by atoms with Crippen molar-refractivity contribution in [2.45, 2.75) is 52.2 Å². The summed E-state index contributed by atoms with van der Waals surface area (Å²) in [6, 6.07) is 4.52. The van der Waals surface area contributed by atoms with E-state index in [0.717, 1.165) is 12.8 Å². The van der Waals surface area contributed by atoms with Crippen molar-refractivity contribution in [3.63, 3.8) is 0 Å². The third kappa shape index (κ3) is 3.31. The molecular formula is C15H22BNO2. The first kappa shape index (κ1) is 14.0. The van der Waals surface area contributed by atoms with Gasteiger partial charge in [0.15, 0.2) is 0 Å². The largest absolute Gasteiger partial charge is 0.444 e.